The molecule has 1 fully saturated rings. The van der Waals surface area contributed by atoms with E-state index < -0.39 is 11.2 Å². The predicted octanol–water partition coefficient (Wildman–Crippen LogP) is 3.48. The molecule has 1 saturated heterocycles. The molecule has 0 saturated carbocycles. The number of nitrogens with zero attached hydrogens (tertiary/aromatic N) is 2. The molecule has 1 N–H and O–H groups in total. The van der Waals surface area contributed by atoms with Crippen LogP contribution in [0.25, 0.3) is 0 Å². The van der Waals surface area contributed by atoms with Crippen LogP contribution in [0.3, 0.4) is 0 Å². The Morgan fingerprint density at radius 3 is 2.50 bits per heavy atom. The lowest BCUT2D eigenvalue weighted by molar-refractivity contribution is -0.117. The lowest BCUT2D eigenvalue weighted by atomic mass is 10.1. The quantitative estimate of drug-likeness (QED) is 0.640. The van der Waals surface area contributed by atoms with Gasteiger partial charge in [0.15, 0.2) is 0 Å². The Morgan fingerprint density at radius 1 is 1.18 bits per heavy atom. The highest BCUT2D eigenvalue weighted by Gasteiger charge is 2.40. The number of benzene rings is 2. The molecule has 0 bridgehead atoms. The summed E-state index contributed by atoms with van der Waals surface area (Å²) in [5, 5.41) is 12.1. The molecule has 0 aromatic heterocycles. The largest absolute Gasteiger partial charge is 0.354 e. The van der Waals surface area contributed by atoms with Crippen LogP contribution < -0.4 is 10.2 Å². The van der Waals surface area contributed by atoms with Crippen LogP contribution >= 0.6 is 11.8 Å². The van der Waals surface area contributed by atoms with Gasteiger partial charge in [-0.25, -0.2) is 0 Å². The molecule has 1 atom stereocenters. The van der Waals surface area contributed by atoms with Crippen molar-refractivity contribution in [1.82, 2.24) is 5.32 Å². The molecule has 142 valence electrons. The van der Waals surface area contributed by atoms with Crippen LogP contribution in [-0.4, -0.2) is 24.1 Å². The van der Waals surface area contributed by atoms with Gasteiger partial charge in [-0.1, -0.05) is 59.3 Å². The van der Waals surface area contributed by atoms with Crippen molar-refractivity contribution < 1.29 is 9.59 Å². The molecule has 6 heteroatoms. The van der Waals surface area contributed by atoms with Crippen molar-refractivity contribution in [3.05, 3.63) is 75.8 Å². The SMILES string of the molecule is CNC(=O)C(C#N)=C1SC(Cc2cccc(C)c2)C(=O)N1c1ccc(C)cc1. The van der Waals surface area contributed by atoms with Crippen molar-refractivity contribution in [2.45, 2.75) is 25.5 Å². The maximum Gasteiger partial charge on any atom is 0.264 e. The van der Waals surface area contributed by atoms with E-state index in [2.05, 4.69) is 11.4 Å². The van der Waals surface area contributed by atoms with E-state index in [9.17, 15) is 14.9 Å². The number of hydrogen-bond donors (Lipinski definition) is 1. The summed E-state index contributed by atoms with van der Waals surface area (Å²) in [6.45, 7) is 3.98. The number of rotatable bonds is 4. The summed E-state index contributed by atoms with van der Waals surface area (Å²) in [4.78, 5) is 27.0. The first-order chi connectivity index (χ1) is 13.4. The number of aryl methyl sites for hydroxylation is 2. The maximum atomic E-state index is 13.3. The standard InChI is InChI=1S/C22H21N3O2S/c1-14-7-9-17(10-8-14)25-21(27)19(12-16-6-4-5-15(2)11-16)28-22(25)18(13-23)20(26)24-3/h4-11,19H,12H2,1-3H3,(H,24,26). The summed E-state index contributed by atoms with van der Waals surface area (Å²) < 4.78 is 0. The number of nitrogens with one attached hydrogen (secondary N) is 1. The van der Waals surface area contributed by atoms with Crippen molar-refractivity contribution in [2.24, 2.45) is 0 Å². The topological polar surface area (TPSA) is 73.2 Å². The molecular weight excluding hydrogens is 370 g/mol. The lowest BCUT2D eigenvalue weighted by Gasteiger charge is -2.18. The number of amides is 2. The summed E-state index contributed by atoms with van der Waals surface area (Å²) >= 11 is 1.28. The van der Waals surface area contributed by atoms with Crippen molar-refractivity contribution in [2.75, 3.05) is 11.9 Å². The molecule has 5 nitrogen and oxygen atoms in total. The molecule has 1 aliphatic rings. The van der Waals surface area contributed by atoms with Gasteiger partial charge < -0.3 is 5.32 Å². The first-order valence-electron chi connectivity index (χ1n) is 8.94. The lowest BCUT2D eigenvalue weighted by Crippen LogP contribution is -2.31. The van der Waals surface area contributed by atoms with Crippen LogP contribution in [0.1, 0.15) is 16.7 Å². The molecule has 1 aliphatic heterocycles. The average molecular weight is 391 g/mol. The molecule has 0 aliphatic carbocycles. The zero-order valence-corrected chi connectivity index (χ0v) is 16.8. The second-order valence-corrected chi connectivity index (χ2v) is 7.87. The molecule has 0 radical (unpaired) electrons. The van der Waals surface area contributed by atoms with Crippen LogP contribution in [0.15, 0.2) is 59.1 Å². The third-order valence-corrected chi connectivity index (χ3v) is 5.79. The van der Waals surface area contributed by atoms with Gasteiger partial charge in [-0.3, -0.25) is 14.5 Å². The number of likely N-dealkylation sites (N-methyl/N-ethyl adjacent to an activating group) is 1. The summed E-state index contributed by atoms with van der Waals surface area (Å²) in [6.07, 6.45) is 0.531. The van der Waals surface area contributed by atoms with Gasteiger partial charge in [0.1, 0.15) is 16.7 Å². The van der Waals surface area contributed by atoms with Gasteiger partial charge in [0.25, 0.3) is 5.91 Å². The molecule has 0 spiro atoms. The van der Waals surface area contributed by atoms with Crippen molar-refractivity contribution in [1.29, 1.82) is 5.26 Å². The third kappa shape index (κ3) is 3.95. The summed E-state index contributed by atoms with van der Waals surface area (Å²) in [5.74, 6) is -0.617. The Balaban J connectivity index is 2.04. The highest BCUT2D eigenvalue weighted by molar-refractivity contribution is 8.05. The second-order valence-electron chi connectivity index (χ2n) is 6.68. The number of hydrogen-bond acceptors (Lipinski definition) is 4. The second kappa shape index (κ2) is 8.32. The number of thioether (sulfide) groups is 1. The Kier molecular flexibility index (Phi) is 5.86. The molecule has 3 rings (SSSR count). The van der Waals surface area contributed by atoms with E-state index in [4.69, 9.17) is 0 Å². The van der Waals surface area contributed by atoms with Gasteiger partial charge in [0.2, 0.25) is 5.91 Å². The van der Waals surface area contributed by atoms with Crippen molar-refractivity contribution in [3.63, 3.8) is 0 Å². The van der Waals surface area contributed by atoms with Crippen LogP contribution in [0.5, 0.6) is 0 Å². The smallest absolute Gasteiger partial charge is 0.264 e. The number of nitriles is 1. The van der Waals surface area contributed by atoms with Crippen molar-refractivity contribution >= 4 is 29.3 Å². The number of carbonyl (C=O) groups is 2. The van der Waals surface area contributed by atoms with Gasteiger partial charge >= 0.3 is 0 Å². The summed E-state index contributed by atoms with van der Waals surface area (Å²) in [5.41, 5.74) is 3.85. The van der Waals surface area contributed by atoms with Gasteiger partial charge in [-0.2, -0.15) is 5.26 Å². The van der Waals surface area contributed by atoms with Crippen LogP contribution in [-0.2, 0) is 16.0 Å². The third-order valence-electron chi connectivity index (χ3n) is 4.53. The normalized spacial score (nSPS) is 18.0. The fourth-order valence-electron chi connectivity index (χ4n) is 3.09. The van der Waals surface area contributed by atoms with Gasteiger partial charge in [-0.15, -0.1) is 0 Å². The van der Waals surface area contributed by atoms with Gasteiger partial charge in [0.05, 0.1) is 5.25 Å². The highest BCUT2D eigenvalue weighted by Crippen LogP contribution is 2.41. The number of anilines is 1. The van der Waals surface area contributed by atoms with E-state index in [1.807, 2.05) is 62.4 Å². The first kappa shape index (κ1) is 19.7. The van der Waals surface area contributed by atoms with E-state index in [0.717, 1.165) is 16.7 Å². The van der Waals surface area contributed by atoms with E-state index in [-0.39, 0.29) is 11.5 Å². The minimum Gasteiger partial charge on any atom is -0.354 e. The molecule has 2 aromatic rings. The summed E-state index contributed by atoms with van der Waals surface area (Å²) in [6, 6.07) is 17.5. The minimum atomic E-state index is -0.494. The minimum absolute atomic E-state index is 0.0480. The summed E-state index contributed by atoms with van der Waals surface area (Å²) in [7, 11) is 1.47. The molecule has 1 unspecified atom stereocenters. The zero-order chi connectivity index (χ0) is 20.3. The van der Waals surface area contributed by atoms with Crippen LogP contribution in [0.2, 0.25) is 0 Å². The monoisotopic (exact) mass is 391 g/mol. The predicted molar refractivity (Wildman–Crippen MR) is 112 cm³/mol. The zero-order valence-electron chi connectivity index (χ0n) is 16.0. The Bertz CT molecular complexity index is 990. The fraction of sp³-hybridized carbons (Fsp3) is 0.227. The molecule has 2 aromatic carbocycles. The van der Waals surface area contributed by atoms with Gasteiger partial charge in [0, 0.05) is 12.7 Å². The van der Waals surface area contributed by atoms with E-state index in [1.165, 1.54) is 23.7 Å². The van der Waals surface area contributed by atoms with Crippen LogP contribution in [0.4, 0.5) is 5.69 Å². The molecular formula is C22H21N3O2S. The van der Waals surface area contributed by atoms with E-state index >= 15 is 0 Å². The fourth-order valence-corrected chi connectivity index (χ4v) is 4.40. The van der Waals surface area contributed by atoms with Crippen molar-refractivity contribution in [3.8, 4) is 6.07 Å². The molecule has 28 heavy (non-hydrogen) atoms. The highest BCUT2D eigenvalue weighted by atomic mass is 32.2. The molecule has 2 amide bonds. The first-order valence-corrected chi connectivity index (χ1v) is 9.82. The van der Waals surface area contributed by atoms with Crippen LogP contribution in [0, 0.1) is 25.2 Å². The Morgan fingerprint density at radius 2 is 1.89 bits per heavy atom. The number of carbonyl (C=O) groups excluding carboxylic acids is 2. The Labute approximate surface area is 169 Å². The van der Waals surface area contributed by atoms with Gasteiger partial charge in [-0.05, 0) is 38.0 Å². The van der Waals surface area contributed by atoms with E-state index in [1.54, 1.807) is 0 Å². The Hall–Kier alpha value is -3.04. The average Bonchev–Trinajstić information content (AvgIpc) is 2.99. The maximum absolute atomic E-state index is 13.3. The molecule has 1 heterocycles. The van der Waals surface area contributed by atoms with E-state index in [0.29, 0.717) is 17.1 Å².